The van der Waals surface area contributed by atoms with Gasteiger partial charge in [-0.2, -0.15) is 0 Å². The number of anilines is 2. The highest BCUT2D eigenvalue weighted by Gasteiger charge is 2.30. The summed E-state index contributed by atoms with van der Waals surface area (Å²) in [5.74, 6) is -0.455. The zero-order valence-electron chi connectivity index (χ0n) is 10.4. The molecular weight excluding hydrogens is 323 g/mol. The van der Waals surface area contributed by atoms with Gasteiger partial charge in [-0.1, -0.05) is 0 Å². The van der Waals surface area contributed by atoms with Gasteiger partial charge in [-0.15, -0.1) is 0 Å². The standard InChI is InChI=1S/C11H16BrFN2O2S/c1-11(2,18(3,16)17)6-15-10-5-8(13)7(12)4-9(10)14/h4-5,15H,6,14H2,1-3H3. The fourth-order valence-electron chi connectivity index (χ4n) is 1.15. The normalized spacial score (nSPS) is 12.5. The van der Waals surface area contributed by atoms with Gasteiger partial charge in [-0.25, -0.2) is 12.8 Å². The van der Waals surface area contributed by atoms with Gasteiger partial charge in [0.1, 0.15) is 5.82 Å². The van der Waals surface area contributed by atoms with Crippen molar-refractivity contribution in [3.8, 4) is 0 Å². The highest BCUT2D eigenvalue weighted by molar-refractivity contribution is 9.10. The number of nitrogens with two attached hydrogens (primary N) is 1. The van der Waals surface area contributed by atoms with Crippen molar-refractivity contribution >= 4 is 37.1 Å². The molecule has 0 spiro atoms. The van der Waals surface area contributed by atoms with E-state index in [-0.39, 0.29) is 11.0 Å². The van der Waals surface area contributed by atoms with Gasteiger partial charge in [0.15, 0.2) is 9.84 Å². The van der Waals surface area contributed by atoms with Crippen LogP contribution in [0.15, 0.2) is 16.6 Å². The van der Waals surface area contributed by atoms with Crippen molar-refractivity contribution in [3.63, 3.8) is 0 Å². The molecule has 0 aliphatic heterocycles. The van der Waals surface area contributed by atoms with Crippen molar-refractivity contribution in [2.75, 3.05) is 23.9 Å². The van der Waals surface area contributed by atoms with E-state index in [0.717, 1.165) is 0 Å². The molecule has 0 atom stereocenters. The first-order valence-corrected chi connectivity index (χ1v) is 7.91. The van der Waals surface area contributed by atoms with Crippen LogP contribution in [0.5, 0.6) is 0 Å². The molecule has 102 valence electrons. The molecule has 0 aromatic heterocycles. The summed E-state index contributed by atoms with van der Waals surface area (Å²) in [5, 5.41) is 2.86. The number of hydrogen-bond acceptors (Lipinski definition) is 4. The van der Waals surface area contributed by atoms with Crippen LogP contribution in [0, 0.1) is 5.82 Å². The Balaban J connectivity index is 2.91. The third-order valence-electron chi connectivity index (χ3n) is 2.80. The summed E-state index contributed by atoms with van der Waals surface area (Å²) in [6.07, 6.45) is 1.17. The van der Waals surface area contributed by atoms with E-state index in [1.54, 1.807) is 13.8 Å². The van der Waals surface area contributed by atoms with Gasteiger partial charge in [0.2, 0.25) is 0 Å². The maximum atomic E-state index is 13.4. The Morgan fingerprint density at radius 1 is 1.44 bits per heavy atom. The van der Waals surface area contributed by atoms with Crippen LogP contribution in [0.3, 0.4) is 0 Å². The first kappa shape index (κ1) is 15.2. The molecule has 0 bridgehead atoms. The van der Waals surface area contributed by atoms with E-state index in [0.29, 0.717) is 11.4 Å². The second-order valence-electron chi connectivity index (χ2n) is 4.74. The Hall–Kier alpha value is -0.820. The minimum atomic E-state index is -3.21. The molecule has 7 heteroatoms. The molecule has 0 fully saturated rings. The SMILES string of the molecule is CC(C)(CNc1cc(F)c(Br)cc1N)S(C)(=O)=O. The zero-order chi connectivity index (χ0) is 14.1. The largest absolute Gasteiger partial charge is 0.397 e. The number of benzene rings is 1. The monoisotopic (exact) mass is 338 g/mol. The summed E-state index contributed by atoms with van der Waals surface area (Å²) in [7, 11) is -3.21. The summed E-state index contributed by atoms with van der Waals surface area (Å²) >= 11 is 3.02. The molecule has 0 saturated heterocycles. The number of sulfone groups is 1. The Bertz CT molecular complexity index is 558. The molecular formula is C11H16BrFN2O2S. The maximum absolute atomic E-state index is 13.4. The predicted octanol–water partition coefficient (Wildman–Crippen LogP) is 2.41. The predicted molar refractivity (Wildman–Crippen MR) is 75.9 cm³/mol. The van der Waals surface area contributed by atoms with Crippen molar-refractivity contribution in [1.82, 2.24) is 0 Å². The van der Waals surface area contributed by atoms with Crippen molar-refractivity contribution < 1.29 is 12.8 Å². The third-order valence-corrected chi connectivity index (χ3v) is 5.56. The quantitative estimate of drug-likeness (QED) is 0.827. The van der Waals surface area contributed by atoms with Gasteiger partial charge in [0.25, 0.3) is 0 Å². The Morgan fingerprint density at radius 3 is 2.50 bits per heavy atom. The van der Waals surface area contributed by atoms with Gasteiger partial charge >= 0.3 is 0 Å². The van der Waals surface area contributed by atoms with Crippen LogP contribution in [0.1, 0.15) is 13.8 Å². The summed E-state index contributed by atoms with van der Waals surface area (Å²) in [4.78, 5) is 0. The summed E-state index contributed by atoms with van der Waals surface area (Å²) in [6.45, 7) is 3.35. The minimum absolute atomic E-state index is 0.150. The lowest BCUT2D eigenvalue weighted by atomic mass is 10.2. The van der Waals surface area contributed by atoms with E-state index in [1.807, 2.05) is 0 Å². The zero-order valence-corrected chi connectivity index (χ0v) is 12.8. The molecule has 4 nitrogen and oxygen atoms in total. The number of halogens is 2. The van der Waals surface area contributed by atoms with Gasteiger partial charge in [0, 0.05) is 18.9 Å². The maximum Gasteiger partial charge on any atom is 0.154 e. The lowest BCUT2D eigenvalue weighted by Gasteiger charge is -2.24. The second-order valence-corrected chi connectivity index (χ2v) is 8.24. The van der Waals surface area contributed by atoms with Crippen LogP contribution < -0.4 is 11.1 Å². The fourth-order valence-corrected chi connectivity index (χ4v) is 1.85. The van der Waals surface area contributed by atoms with Gasteiger partial charge in [0.05, 0.1) is 20.6 Å². The fraction of sp³-hybridized carbons (Fsp3) is 0.455. The first-order valence-electron chi connectivity index (χ1n) is 5.22. The molecule has 0 aliphatic rings. The summed E-state index contributed by atoms with van der Waals surface area (Å²) < 4.78 is 35.7. The smallest absolute Gasteiger partial charge is 0.154 e. The van der Waals surface area contributed by atoms with Gasteiger partial charge in [-0.05, 0) is 35.8 Å². The van der Waals surface area contributed by atoms with Crippen LogP contribution in [0.25, 0.3) is 0 Å². The molecule has 0 amide bonds. The van der Waals surface area contributed by atoms with Crippen LogP contribution in [-0.4, -0.2) is 26.0 Å². The lowest BCUT2D eigenvalue weighted by Crippen LogP contribution is -2.38. The average molecular weight is 339 g/mol. The number of hydrogen-bond donors (Lipinski definition) is 2. The average Bonchev–Trinajstić information content (AvgIpc) is 2.20. The Morgan fingerprint density at radius 2 is 2.00 bits per heavy atom. The topological polar surface area (TPSA) is 72.2 Å². The Labute approximate surface area is 115 Å². The van der Waals surface area contributed by atoms with E-state index < -0.39 is 20.4 Å². The van der Waals surface area contributed by atoms with Crippen molar-refractivity contribution in [2.45, 2.75) is 18.6 Å². The van der Waals surface area contributed by atoms with Gasteiger partial charge in [-0.3, -0.25) is 0 Å². The summed E-state index contributed by atoms with van der Waals surface area (Å²) in [6, 6.07) is 2.67. The van der Waals surface area contributed by atoms with Crippen LogP contribution in [0.2, 0.25) is 0 Å². The number of nitrogens with one attached hydrogen (secondary N) is 1. The molecule has 0 heterocycles. The number of nitrogen functional groups attached to an aromatic ring is 1. The van der Waals surface area contributed by atoms with Crippen molar-refractivity contribution in [1.29, 1.82) is 0 Å². The van der Waals surface area contributed by atoms with E-state index in [2.05, 4.69) is 21.2 Å². The molecule has 3 N–H and O–H groups in total. The van der Waals surface area contributed by atoms with Crippen LogP contribution >= 0.6 is 15.9 Å². The van der Waals surface area contributed by atoms with Crippen molar-refractivity contribution in [3.05, 3.63) is 22.4 Å². The molecule has 0 unspecified atom stereocenters. The third kappa shape index (κ3) is 3.35. The summed E-state index contributed by atoms with van der Waals surface area (Å²) in [5.41, 5.74) is 6.46. The second kappa shape index (κ2) is 5.05. The first-order chi connectivity index (χ1) is 8.04. The molecule has 0 aliphatic carbocycles. The van der Waals surface area contributed by atoms with E-state index in [9.17, 15) is 12.8 Å². The van der Waals surface area contributed by atoms with Crippen molar-refractivity contribution in [2.24, 2.45) is 0 Å². The van der Waals surface area contributed by atoms with Crippen LogP contribution in [0.4, 0.5) is 15.8 Å². The van der Waals surface area contributed by atoms with Gasteiger partial charge < -0.3 is 11.1 Å². The van der Waals surface area contributed by atoms with E-state index >= 15 is 0 Å². The Kier molecular flexibility index (Phi) is 4.27. The minimum Gasteiger partial charge on any atom is -0.397 e. The molecule has 1 rings (SSSR count). The molecule has 0 radical (unpaired) electrons. The highest BCUT2D eigenvalue weighted by atomic mass is 79.9. The van der Waals surface area contributed by atoms with E-state index in [4.69, 9.17) is 5.73 Å². The number of rotatable bonds is 4. The molecule has 1 aromatic rings. The molecule has 1 aromatic carbocycles. The molecule has 18 heavy (non-hydrogen) atoms. The lowest BCUT2D eigenvalue weighted by molar-refractivity contribution is 0.560. The molecule has 0 saturated carbocycles. The van der Waals surface area contributed by atoms with E-state index in [1.165, 1.54) is 18.4 Å². The highest BCUT2D eigenvalue weighted by Crippen LogP contribution is 2.27. The van der Waals surface area contributed by atoms with Crippen LogP contribution in [-0.2, 0) is 9.84 Å².